The highest BCUT2D eigenvalue weighted by Crippen LogP contribution is 2.34. The van der Waals surface area contributed by atoms with Crippen molar-refractivity contribution in [1.82, 2.24) is 4.90 Å². The van der Waals surface area contributed by atoms with E-state index in [1.165, 1.54) is 11.9 Å². The molecule has 0 unspecified atom stereocenters. The predicted molar refractivity (Wildman–Crippen MR) is 80.3 cm³/mol. The van der Waals surface area contributed by atoms with Crippen molar-refractivity contribution in [2.24, 2.45) is 0 Å². The van der Waals surface area contributed by atoms with Gasteiger partial charge >= 0.3 is 6.18 Å². The standard InChI is InChI=1S/C14H14BrF3N2O3/c1-19(5-4-14(16,17)18)12(21)7-20-10-3-2-9(15)6-11(10)23-8-13(20)22/h2-3,6H,4-5,7-8H2,1H3. The molecule has 0 aromatic heterocycles. The van der Waals surface area contributed by atoms with Crippen LogP contribution in [-0.4, -0.2) is 49.6 Å². The van der Waals surface area contributed by atoms with E-state index in [1.807, 2.05) is 0 Å². The molecular formula is C14H14BrF3N2O3. The average Bonchev–Trinajstić information content (AvgIpc) is 2.46. The lowest BCUT2D eigenvalue weighted by Crippen LogP contribution is -2.46. The Morgan fingerprint density at radius 3 is 2.78 bits per heavy atom. The SMILES string of the molecule is CN(CCC(F)(F)F)C(=O)CN1C(=O)COc2cc(Br)ccc21. The van der Waals surface area contributed by atoms with Gasteiger partial charge in [0.2, 0.25) is 5.91 Å². The van der Waals surface area contributed by atoms with E-state index < -0.39 is 31.0 Å². The summed E-state index contributed by atoms with van der Waals surface area (Å²) in [5.41, 5.74) is 0.419. The summed E-state index contributed by atoms with van der Waals surface area (Å²) in [5, 5.41) is 0. The molecule has 1 heterocycles. The molecule has 0 saturated heterocycles. The zero-order valence-corrected chi connectivity index (χ0v) is 13.8. The van der Waals surface area contributed by atoms with Gasteiger partial charge in [-0.15, -0.1) is 0 Å². The van der Waals surface area contributed by atoms with Gasteiger partial charge in [-0.25, -0.2) is 0 Å². The van der Waals surface area contributed by atoms with Gasteiger partial charge in [0.05, 0.1) is 12.1 Å². The van der Waals surface area contributed by atoms with E-state index in [-0.39, 0.29) is 13.2 Å². The normalized spacial score (nSPS) is 14.3. The number of amides is 2. The largest absolute Gasteiger partial charge is 0.482 e. The van der Waals surface area contributed by atoms with Gasteiger partial charge in [0, 0.05) is 18.1 Å². The Bertz CT molecular complexity index is 622. The Kier molecular flexibility index (Phi) is 5.18. The first-order valence-corrected chi connectivity index (χ1v) is 7.50. The number of benzene rings is 1. The Morgan fingerprint density at radius 2 is 2.13 bits per heavy atom. The van der Waals surface area contributed by atoms with Crippen LogP contribution in [0.25, 0.3) is 0 Å². The molecule has 0 radical (unpaired) electrons. The highest BCUT2D eigenvalue weighted by atomic mass is 79.9. The van der Waals surface area contributed by atoms with Crippen LogP contribution in [0.2, 0.25) is 0 Å². The summed E-state index contributed by atoms with van der Waals surface area (Å²) >= 11 is 3.27. The summed E-state index contributed by atoms with van der Waals surface area (Å²) in [5.74, 6) is -0.555. The van der Waals surface area contributed by atoms with Gasteiger partial charge in [-0.2, -0.15) is 13.2 Å². The number of rotatable bonds is 4. The number of alkyl halides is 3. The third-order valence-electron chi connectivity index (χ3n) is 3.31. The number of halogens is 4. The molecule has 0 saturated carbocycles. The van der Waals surface area contributed by atoms with Crippen LogP contribution in [0.15, 0.2) is 22.7 Å². The molecule has 1 aliphatic rings. The maximum absolute atomic E-state index is 12.2. The van der Waals surface area contributed by atoms with Gasteiger partial charge in [-0.1, -0.05) is 15.9 Å². The number of nitrogens with zero attached hydrogens (tertiary/aromatic N) is 2. The molecule has 5 nitrogen and oxygen atoms in total. The van der Waals surface area contributed by atoms with Crippen LogP contribution in [0.1, 0.15) is 6.42 Å². The minimum Gasteiger partial charge on any atom is -0.482 e. The van der Waals surface area contributed by atoms with Crippen molar-refractivity contribution in [1.29, 1.82) is 0 Å². The lowest BCUT2D eigenvalue weighted by Gasteiger charge is -2.30. The molecule has 0 bridgehead atoms. The van der Waals surface area contributed by atoms with E-state index in [2.05, 4.69) is 15.9 Å². The van der Waals surface area contributed by atoms with E-state index in [1.54, 1.807) is 18.2 Å². The first-order valence-electron chi connectivity index (χ1n) is 6.71. The second-order valence-corrected chi connectivity index (χ2v) is 5.98. The average molecular weight is 395 g/mol. The molecule has 0 spiro atoms. The summed E-state index contributed by atoms with van der Waals surface area (Å²) in [6.45, 7) is -0.998. The zero-order chi connectivity index (χ0) is 17.2. The Hall–Kier alpha value is -1.77. The molecule has 1 aliphatic heterocycles. The van der Waals surface area contributed by atoms with Crippen LogP contribution in [0, 0.1) is 0 Å². The molecule has 0 N–H and O–H groups in total. The molecule has 0 fully saturated rings. The topological polar surface area (TPSA) is 49.9 Å². The van der Waals surface area contributed by atoms with Crippen LogP contribution >= 0.6 is 15.9 Å². The smallest absolute Gasteiger partial charge is 0.390 e. The number of hydrogen-bond donors (Lipinski definition) is 0. The fraction of sp³-hybridized carbons (Fsp3) is 0.429. The summed E-state index contributed by atoms with van der Waals surface area (Å²) in [6, 6.07) is 4.96. The monoisotopic (exact) mass is 394 g/mol. The number of ether oxygens (including phenoxy) is 1. The fourth-order valence-corrected chi connectivity index (χ4v) is 2.37. The van der Waals surface area contributed by atoms with Crippen LogP contribution in [0.3, 0.4) is 0 Å². The Balaban J connectivity index is 2.07. The zero-order valence-electron chi connectivity index (χ0n) is 12.2. The van der Waals surface area contributed by atoms with Gasteiger partial charge < -0.3 is 9.64 Å². The molecule has 0 atom stereocenters. The Morgan fingerprint density at radius 1 is 1.43 bits per heavy atom. The third-order valence-corrected chi connectivity index (χ3v) is 3.81. The van der Waals surface area contributed by atoms with E-state index in [0.29, 0.717) is 11.4 Å². The lowest BCUT2D eigenvalue weighted by atomic mass is 10.2. The molecule has 23 heavy (non-hydrogen) atoms. The molecule has 2 rings (SSSR count). The third kappa shape index (κ3) is 4.60. The molecule has 0 aliphatic carbocycles. The maximum atomic E-state index is 12.2. The number of anilines is 1. The molecule has 9 heteroatoms. The van der Waals surface area contributed by atoms with Crippen molar-refractivity contribution in [2.75, 3.05) is 31.6 Å². The summed E-state index contributed by atoms with van der Waals surface area (Å²) in [4.78, 5) is 26.2. The summed E-state index contributed by atoms with van der Waals surface area (Å²) in [7, 11) is 1.28. The molecule has 1 aromatic rings. The molecule has 1 aromatic carbocycles. The second-order valence-electron chi connectivity index (χ2n) is 5.06. The molecular weight excluding hydrogens is 381 g/mol. The van der Waals surface area contributed by atoms with Gasteiger partial charge in [-0.05, 0) is 18.2 Å². The van der Waals surface area contributed by atoms with E-state index in [4.69, 9.17) is 4.74 Å². The van der Waals surface area contributed by atoms with Gasteiger partial charge in [0.25, 0.3) is 5.91 Å². The van der Waals surface area contributed by atoms with Crippen molar-refractivity contribution >= 4 is 33.4 Å². The van der Waals surface area contributed by atoms with Crippen molar-refractivity contribution in [3.63, 3.8) is 0 Å². The number of hydrogen-bond acceptors (Lipinski definition) is 3. The summed E-state index contributed by atoms with van der Waals surface area (Å²) in [6.07, 6.45) is -5.42. The Labute approximate surface area is 139 Å². The number of likely N-dealkylation sites (N-methyl/N-ethyl adjacent to an activating group) is 1. The van der Waals surface area contributed by atoms with Crippen LogP contribution in [-0.2, 0) is 9.59 Å². The van der Waals surface area contributed by atoms with E-state index in [9.17, 15) is 22.8 Å². The van der Waals surface area contributed by atoms with Crippen molar-refractivity contribution in [3.05, 3.63) is 22.7 Å². The second kappa shape index (κ2) is 6.77. The summed E-state index contributed by atoms with van der Waals surface area (Å²) < 4.78 is 42.7. The minimum atomic E-state index is -4.33. The first-order chi connectivity index (χ1) is 10.7. The first kappa shape index (κ1) is 17.6. The lowest BCUT2D eigenvalue weighted by molar-refractivity contribution is -0.144. The minimum absolute atomic E-state index is 0.219. The highest BCUT2D eigenvalue weighted by molar-refractivity contribution is 9.10. The molecule has 126 valence electrons. The fourth-order valence-electron chi connectivity index (χ4n) is 2.03. The number of carbonyl (C=O) groups is 2. The molecule has 2 amide bonds. The number of carbonyl (C=O) groups excluding carboxylic acids is 2. The number of fused-ring (bicyclic) bond motifs is 1. The van der Waals surface area contributed by atoms with Crippen LogP contribution < -0.4 is 9.64 Å². The highest BCUT2D eigenvalue weighted by Gasteiger charge is 2.31. The van der Waals surface area contributed by atoms with Gasteiger partial charge in [0.15, 0.2) is 6.61 Å². The predicted octanol–water partition coefficient (Wildman–Crippen LogP) is 2.59. The van der Waals surface area contributed by atoms with E-state index in [0.717, 1.165) is 9.37 Å². The van der Waals surface area contributed by atoms with Crippen molar-refractivity contribution in [2.45, 2.75) is 12.6 Å². The van der Waals surface area contributed by atoms with Crippen LogP contribution in [0.4, 0.5) is 18.9 Å². The van der Waals surface area contributed by atoms with Gasteiger partial charge in [0.1, 0.15) is 12.3 Å². The van der Waals surface area contributed by atoms with Crippen molar-refractivity contribution in [3.8, 4) is 5.75 Å². The van der Waals surface area contributed by atoms with Crippen LogP contribution in [0.5, 0.6) is 5.75 Å². The van der Waals surface area contributed by atoms with Crippen molar-refractivity contribution < 1.29 is 27.5 Å². The van der Waals surface area contributed by atoms with E-state index >= 15 is 0 Å². The maximum Gasteiger partial charge on any atom is 0.390 e. The quantitative estimate of drug-likeness (QED) is 0.788. The van der Waals surface area contributed by atoms with Gasteiger partial charge in [-0.3, -0.25) is 14.5 Å².